The first-order valence-electron chi connectivity index (χ1n) is 7.18. The van der Waals surface area contributed by atoms with E-state index in [1.54, 1.807) is 11.0 Å². The summed E-state index contributed by atoms with van der Waals surface area (Å²) in [7, 11) is 0. The van der Waals surface area contributed by atoms with Crippen LogP contribution in [0.5, 0.6) is 0 Å². The average molecular weight is 308 g/mol. The molecular weight excluding hydrogens is 290 g/mol. The molecule has 112 valence electrons. The number of fused-ring (bicyclic) bond motifs is 1. The Balaban J connectivity index is 1.74. The number of urea groups is 1. The van der Waals surface area contributed by atoms with Gasteiger partial charge in [0, 0.05) is 13.1 Å². The van der Waals surface area contributed by atoms with Gasteiger partial charge in [-0.3, -0.25) is 4.79 Å². The van der Waals surface area contributed by atoms with Gasteiger partial charge in [0.25, 0.3) is 0 Å². The maximum Gasteiger partial charge on any atom is 0.322 e. The molecule has 2 aliphatic heterocycles. The molecule has 2 aliphatic rings. The van der Waals surface area contributed by atoms with Gasteiger partial charge >= 0.3 is 6.03 Å². The number of halogens is 1. The van der Waals surface area contributed by atoms with Crippen molar-refractivity contribution in [3.8, 4) is 0 Å². The summed E-state index contributed by atoms with van der Waals surface area (Å²) in [5, 5.41) is 6.22. The van der Waals surface area contributed by atoms with Gasteiger partial charge in [-0.25, -0.2) is 4.79 Å². The molecule has 0 aromatic heterocycles. The van der Waals surface area contributed by atoms with E-state index in [9.17, 15) is 9.59 Å². The summed E-state index contributed by atoms with van der Waals surface area (Å²) in [6.45, 7) is 3.16. The molecular formula is C15H18ClN3O2. The Morgan fingerprint density at radius 1 is 1.48 bits per heavy atom. The Morgan fingerprint density at radius 3 is 3.05 bits per heavy atom. The first-order chi connectivity index (χ1) is 10.1. The fourth-order valence-corrected chi connectivity index (χ4v) is 3.39. The van der Waals surface area contributed by atoms with Crippen molar-refractivity contribution in [1.29, 1.82) is 0 Å². The van der Waals surface area contributed by atoms with Crippen molar-refractivity contribution < 1.29 is 9.59 Å². The van der Waals surface area contributed by atoms with Crippen molar-refractivity contribution in [2.75, 3.05) is 18.4 Å². The highest BCUT2D eigenvalue weighted by Crippen LogP contribution is 2.29. The molecule has 0 aliphatic carbocycles. The molecule has 2 atom stereocenters. The molecule has 2 fully saturated rings. The predicted molar refractivity (Wildman–Crippen MR) is 81.4 cm³/mol. The van der Waals surface area contributed by atoms with E-state index >= 15 is 0 Å². The van der Waals surface area contributed by atoms with Crippen LogP contribution in [0.3, 0.4) is 0 Å². The van der Waals surface area contributed by atoms with E-state index in [1.165, 1.54) is 0 Å². The van der Waals surface area contributed by atoms with Crippen molar-refractivity contribution >= 4 is 29.2 Å². The van der Waals surface area contributed by atoms with Gasteiger partial charge in [-0.1, -0.05) is 17.7 Å². The summed E-state index contributed by atoms with van der Waals surface area (Å²) < 4.78 is 0. The first-order valence-corrected chi connectivity index (χ1v) is 7.55. The van der Waals surface area contributed by atoms with Crippen molar-refractivity contribution in [2.45, 2.75) is 25.8 Å². The van der Waals surface area contributed by atoms with Crippen LogP contribution >= 0.6 is 11.6 Å². The zero-order valence-electron chi connectivity index (χ0n) is 11.9. The Labute approximate surface area is 128 Å². The second-order valence-corrected chi connectivity index (χ2v) is 6.08. The maximum absolute atomic E-state index is 12.5. The highest BCUT2D eigenvalue weighted by atomic mass is 35.5. The van der Waals surface area contributed by atoms with Gasteiger partial charge in [-0.05, 0) is 37.5 Å². The van der Waals surface area contributed by atoms with Gasteiger partial charge in [0.1, 0.15) is 0 Å². The molecule has 5 nitrogen and oxygen atoms in total. The van der Waals surface area contributed by atoms with Crippen LogP contribution in [0.25, 0.3) is 0 Å². The van der Waals surface area contributed by atoms with Crippen molar-refractivity contribution in [3.05, 3.63) is 28.8 Å². The van der Waals surface area contributed by atoms with Crippen LogP contribution in [-0.2, 0) is 4.79 Å². The van der Waals surface area contributed by atoms with Gasteiger partial charge in [0.2, 0.25) is 5.91 Å². The lowest BCUT2D eigenvalue weighted by atomic mass is 9.92. The summed E-state index contributed by atoms with van der Waals surface area (Å²) in [6.07, 6.45) is 1.70. The predicted octanol–water partition coefficient (Wildman–Crippen LogP) is 2.39. The molecule has 0 saturated carbocycles. The van der Waals surface area contributed by atoms with Crippen LogP contribution in [0, 0.1) is 12.8 Å². The van der Waals surface area contributed by atoms with Gasteiger partial charge in [0.05, 0.1) is 22.7 Å². The summed E-state index contributed by atoms with van der Waals surface area (Å²) in [5.74, 6) is -0.0103. The van der Waals surface area contributed by atoms with Gasteiger partial charge in [-0.2, -0.15) is 0 Å². The Kier molecular flexibility index (Phi) is 3.76. The fraction of sp³-hybridized carbons (Fsp3) is 0.467. The number of benzene rings is 1. The Morgan fingerprint density at radius 2 is 2.29 bits per heavy atom. The minimum atomic E-state index is -0.188. The summed E-state index contributed by atoms with van der Waals surface area (Å²) in [5.41, 5.74) is 1.65. The van der Waals surface area contributed by atoms with E-state index in [0.29, 0.717) is 23.8 Å². The smallest absolute Gasteiger partial charge is 0.322 e. The van der Waals surface area contributed by atoms with Crippen molar-refractivity contribution in [2.24, 2.45) is 5.92 Å². The van der Waals surface area contributed by atoms with E-state index < -0.39 is 0 Å². The number of nitrogens with one attached hydrogen (secondary N) is 2. The number of carbonyl (C=O) groups excluding carboxylic acids is 2. The van der Waals surface area contributed by atoms with Crippen LogP contribution < -0.4 is 10.6 Å². The molecule has 2 N–H and O–H groups in total. The van der Waals surface area contributed by atoms with E-state index in [-0.39, 0.29) is 23.9 Å². The number of hydrogen-bond donors (Lipinski definition) is 2. The number of aryl methyl sites for hydroxylation is 1. The van der Waals surface area contributed by atoms with Crippen LogP contribution in [0.4, 0.5) is 10.5 Å². The molecule has 0 spiro atoms. The summed E-state index contributed by atoms with van der Waals surface area (Å²) in [4.78, 5) is 26.0. The topological polar surface area (TPSA) is 61.4 Å². The largest absolute Gasteiger partial charge is 0.354 e. The lowest BCUT2D eigenvalue weighted by molar-refractivity contribution is -0.123. The van der Waals surface area contributed by atoms with Gasteiger partial charge in [0.15, 0.2) is 0 Å². The third-order valence-corrected chi connectivity index (χ3v) is 4.54. The minimum absolute atomic E-state index is 0.0459. The summed E-state index contributed by atoms with van der Waals surface area (Å²) in [6, 6.07) is 5.29. The average Bonchev–Trinajstić information content (AvgIpc) is 2.84. The van der Waals surface area contributed by atoms with E-state index in [0.717, 1.165) is 18.4 Å². The molecule has 0 unspecified atom stereocenters. The van der Waals surface area contributed by atoms with Crippen LogP contribution in [-0.4, -0.2) is 36.0 Å². The van der Waals surface area contributed by atoms with Gasteiger partial charge < -0.3 is 15.5 Å². The molecule has 21 heavy (non-hydrogen) atoms. The molecule has 3 amide bonds. The number of amides is 3. The van der Waals surface area contributed by atoms with Crippen molar-refractivity contribution in [1.82, 2.24) is 10.2 Å². The zero-order valence-corrected chi connectivity index (χ0v) is 12.6. The highest BCUT2D eigenvalue weighted by molar-refractivity contribution is 6.33. The molecule has 1 aromatic rings. The minimum Gasteiger partial charge on any atom is -0.354 e. The van der Waals surface area contributed by atoms with Crippen LogP contribution in [0.15, 0.2) is 18.2 Å². The normalized spacial score (nSPS) is 24.5. The molecule has 0 bridgehead atoms. The molecule has 6 heteroatoms. The standard InChI is InChI=1S/C15H18ClN3O2/c1-9-4-5-12(11(16)7-9)18-15(21)19-6-2-3-10-13(19)8-17-14(10)20/h4-5,7,10,13H,2-3,6,8H2,1H3,(H,17,20)(H,18,21)/t10-,13+/m1/s1. The third kappa shape index (κ3) is 2.70. The zero-order chi connectivity index (χ0) is 15.0. The Hall–Kier alpha value is -1.75. The fourth-order valence-electron chi connectivity index (χ4n) is 3.11. The second kappa shape index (κ2) is 5.56. The number of anilines is 1. The van der Waals surface area contributed by atoms with Crippen LogP contribution in [0.2, 0.25) is 5.02 Å². The number of rotatable bonds is 1. The van der Waals surface area contributed by atoms with E-state index in [4.69, 9.17) is 11.6 Å². The van der Waals surface area contributed by atoms with E-state index in [2.05, 4.69) is 10.6 Å². The number of carbonyl (C=O) groups is 2. The SMILES string of the molecule is Cc1ccc(NC(=O)N2CCC[C@H]3C(=O)NC[C@@H]32)c(Cl)c1. The first kappa shape index (κ1) is 14.2. The number of hydrogen-bond acceptors (Lipinski definition) is 2. The van der Waals surface area contributed by atoms with Crippen LogP contribution in [0.1, 0.15) is 18.4 Å². The lowest BCUT2D eigenvalue weighted by Gasteiger charge is -2.35. The molecule has 3 rings (SSSR count). The number of nitrogens with zero attached hydrogens (tertiary/aromatic N) is 1. The maximum atomic E-state index is 12.5. The highest BCUT2D eigenvalue weighted by Gasteiger charge is 2.42. The van der Waals surface area contributed by atoms with E-state index in [1.807, 2.05) is 19.1 Å². The molecule has 0 radical (unpaired) electrons. The number of likely N-dealkylation sites (tertiary alicyclic amines) is 1. The molecule has 2 saturated heterocycles. The quantitative estimate of drug-likeness (QED) is 0.837. The Bertz CT molecular complexity index is 590. The third-order valence-electron chi connectivity index (χ3n) is 4.23. The number of piperidine rings is 1. The monoisotopic (exact) mass is 307 g/mol. The lowest BCUT2D eigenvalue weighted by Crippen LogP contribution is -2.50. The van der Waals surface area contributed by atoms with Gasteiger partial charge in [-0.15, -0.1) is 0 Å². The molecule has 1 aromatic carbocycles. The van der Waals surface area contributed by atoms with Crippen molar-refractivity contribution in [3.63, 3.8) is 0 Å². The molecule has 2 heterocycles. The summed E-state index contributed by atoms with van der Waals surface area (Å²) >= 11 is 6.15. The second-order valence-electron chi connectivity index (χ2n) is 5.67.